The van der Waals surface area contributed by atoms with Crippen molar-refractivity contribution in [3.05, 3.63) is 95.1 Å². The summed E-state index contributed by atoms with van der Waals surface area (Å²) in [7, 11) is 0. The number of benzene rings is 3. The lowest BCUT2D eigenvalue weighted by atomic mass is 9.97. The van der Waals surface area contributed by atoms with E-state index in [1.807, 2.05) is 93.6 Å². The summed E-state index contributed by atoms with van der Waals surface area (Å²) in [6.07, 6.45) is 1.17. The molecule has 3 aromatic rings. The fourth-order valence-corrected chi connectivity index (χ4v) is 6.35. The van der Waals surface area contributed by atoms with E-state index < -0.39 is 23.9 Å². The Balaban J connectivity index is 1.30. The maximum Gasteiger partial charge on any atom is 0.325 e. The molecule has 2 fully saturated rings. The Morgan fingerprint density at radius 1 is 0.940 bits per heavy atom. The van der Waals surface area contributed by atoms with Crippen LogP contribution in [0.5, 0.6) is 0 Å². The minimum atomic E-state index is -0.645. The number of hydrogen-bond donors (Lipinski definition) is 3. The van der Waals surface area contributed by atoms with Gasteiger partial charge in [-0.2, -0.15) is 0 Å². The zero-order chi connectivity index (χ0) is 35.7. The molecule has 5 rings (SSSR count). The number of nitrogens with zero attached hydrogens (tertiary/aromatic N) is 1. The van der Waals surface area contributed by atoms with E-state index in [4.69, 9.17) is 18.9 Å². The van der Waals surface area contributed by atoms with E-state index in [-0.39, 0.29) is 50.5 Å². The third-order valence-corrected chi connectivity index (χ3v) is 8.74. The van der Waals surface area contributed by atoms with Crippen molar-refractivity contribution in [2.75, 3.05) is 26.2 Å². The molecule has 0 bridgehead atoms. The maximum atomic E-state index is 13.1. The number of aliphatic hydroxyl groups is 1. The van der Waals surface area contributed by atoms with Crippen molar-refractivity contribution < 1.29 is 38.4 Å². The van der Waals surface area contributed by atoms with Gasteiger partial charge in [0, 0.05) is 25.1 Å². The van der Waals surface area contributed by atoms with Gasteiger partial charge in [-0.25, -0.2) is 4.79 Å². The molecule has 3 aromatic carbocycles. The Bertz CT molecular complexity index is 1590. The van der Waals surface area contributed by atoms with Gasteiger partial charge in [-0.05, 0) is 74.9 Å². The van der Waals surface area contributed by atoms with Crippen LogP contribution in [0.3, 0.4) is 0 Å². The SMILES string of the molecule is CCOC(=O)CNC(=O)NCc1ccccc1-c1ccc([C@@H]2O[C@H](CN3CCC[C@H]3C(=O)OC(C)(C)C)C[C@H](c3ccc(CO)cc3)O2)cc1. The molecule has 3 N–H and O–H groups in total. The molecular weight excluding hydrogens is 638 g/mol. The Hall–Kier alpha value is -4.29. The third kappa shape index (κ3) is 10.1. The van der Waals surface area contributed by atoms with E-state index >= 15 is 0 Å². The van der Waals surface area contributed by atoms with Crippen LogP contribution in [-0.2, 0) is 41.7 Å². The summed E-state index contributed by atoms with van der Waals surface area (Å²) in [4.78, 5) is 39.1. The van der Waals surface area contributed by atoms with Gasteiger partial charge in [0.05, 0.1) is 25.4 Å². The van der Waals surface area contributed by atoms with Gasteiger partial charge in [0.1, 0.15) is 18.2 Å². The summed E-state index contributed by atoms with van der Waals surface area (Å²) in [5.74, 6) is -0.689. The molecule has 11 heteroatoms. The first kappa shape index (κ1) is 37.0. The molecule has 4 atom stereocenters. The highest BCUT2D eigenvalue weighted by Crippen LogP contribution is 2.39. The van der Waals surface area contributed by atoms with Gasteiger partial charge in [-0.15, -0.1) is 0 Å². The summed E-state index contributed by atoms with van der Waals surface area (Å²) in [5.41, 5.74) is 4.95. The average Bonchev–Trinajstić information content (AvgIpc) is 3.57. The number of esters is 2. The van der Waals surface area contributed by atoms with Crippen molar-refractivity contribution in [1.29, 1.82) is 0 Å². The predicted octanol–water partition coefficient (Wildman–Crippen LogP) is 5.56. The number of aliphatic hydroxyl groups excluding tert-OH is 1. The number of rotatable bonds is 12. The Morgan fingerprint density at radius 3 is 2.36 bits per heavy atom. The number of ether oxygens (including phenoxy) is 4. The van der Waals surface area contributed by atoms with Crippen LogP contribution in [0.25, 0.3) is 11.1 Å². The van der Waals surface area contributed by atoms with E-state index in [9.17, 15) is 19.5 Å². The van der Waals surface area contributed by atoms with E-state index in [2.05, 4.69) is 15.5 Å². The Morgan fingerprint density at radius 2 is 1.66 bits per heavy atom. The van der Waals surface area contributed by atoms with Gasteiger partial charge in [0.25, 0.3) is 0 Å². The van der Waals surface area contributed by atoms with Gasteiger partial charge in [-0.1, -0.05) is 72.8 Å². The van der Waals surface area contributed by atoms with Gasteiger partial charge >= 0.3 is 18.0 Å². The Labute approximate surface area is 294 Å². The van der Waals surface area contributed by atoms with E-state index in [1.54, 1.807) is 6.92 Å². The normalized spacial score (nSPS) is 21.0. The topological polar surface area (TPSA) is 136 Å². The van der Waals surface area contributed by atoms with E-state index in [1.165, 1.54) is 0 Å². The molecule has 0 aromatic heterocycles. The predicted molar refractivity (Wildman–Crippen MR) is 188 cm³/mol. The van der Waals surface area contributed by atoms with Crippen LogP contribution < -0.4 is 10.6 Å². The highest BCUT2D eigenvalue weighted by atomic mass is 16.7. The third-order valence-electron chi connectivity index (χ3n) is 8.74. The fraction of sp³-hybridized carbons (Fsp3) is 0.462. The molecular formula is C39H49N3O8. The second-order valence-electron chi connectivity index (χ2n) is 13.7. The fourth-order valence-electron chi connectivity index (χ4n) is 6.35. The molecule has 0 radical (unpaired) electrons. The first-order valence-electron chi connectivity index (χ1n) is 17.4. The average molecular weight is 688 g/mol. The van der Waals surface area contributed by atoms with Crippen molar-refractivity contribution >= 4 is 18.0 Å². The standard InChI is InChI=1S/C39H49N3O8/c1-5-47-35(44)23-41-38(46)40-22-30-9-6-7-10-32(30)27-16-18-29(19-17-27)37-48-31(21-34(49-37)28-14-12-26(25-43)13-15-28)24-42-20-8-11-33(42)36(45)50-39(2,3)4/h6-7,9-10,12-19,31,33-34,37,43H,5,8,11,20-25H2,1-4H3,(H2,40,41,46)/t31-,33-,34+,37+/m0/s1. The zero-order valence-electron chi connectivity index (χ0n) is 29.4. The van der Waals surface area contributed by atoms with Crippen LogP contribution in [0.4, 0.5) is 4.79 Å². The largest absolute Gasteiger partial charge is 0.465 e. The van der Waals surface area contributed by atoms with Gasteiger partial charge in [0.15, 0.2) is 6.29 Å². The van der Waals surface area contributed by atoms with Crippen LogP contribution >= 0.6 is 0 Å². The maximum absolute atomic E-state index is 13.1. The minimum absolute atomic E-state index is 0.0323. The second kappa shape index (κ2) is 17.1. The van der Waals surface area contributed by atoms with Gasteiger partial charge in [0.2, 0.25) is 0 Å². The number of urea groups is 1. The Kier molecular flexibility index (Phi) is 12.6. The number of hydrogen-bond acceptors (Lipinski definition) is 9. The molecule has 50 heavy (non-hydrogen) atoms. The monoisotopic (exact) mass is 687 g/mol. The summed E-state index contributed by atoms with van der Waals surface area (Å²) in [6.45, 7) is 9.02. The number of carbonyl (C=O) groups is 3. The lowest BCUT2D eigenvalue weighted by molar-refractivity contribution is -0.253. The first-order chi connectivity index (χ1) is 24.0. The summed E-state index contributed by atoms with van der Waals surface area (Å²) in [5, 5.41) is 14.9. The molecule has 0 unspecified atom stereocenters. The molecule has 2 aliphatic rings. The molecule has 2 aliphatic heterocycles. The van der Waals surface area contributed by atoms with Crippen LogP contribution in [0.15, 0.2) is 72.8 Å². The van der Waals surface area contributed by atoms with Gasteiger partial charge in [-0.3, -0.25) is 14.5 Å². The van der Waals surface area contributed by atoms with Crippen LogP contribution in [0.2, 0.25) is 0 Å². The molecule has 268 valence electrons. The molecule has 0 aliphatic carbocycles. The number of amides is 2. The molecule has 0 spiro atoms. The lowest BCUT2D eigenvalue weighted by Crippen LogP contribution is -2.45. The molecule has 2 saturated heterocycles. The molecule has 0 saturated carbocycles. The molecule has 2 amide bonds. The summed E-state index contributed by atoms with van der Waals surface area (Å²) < 4.78 is 23.8. The van der Waals surface area contributed by atoms with Crippen LogP contribution in [0, 0.1) is 0 Å². The van der Waals surface area contributed by atoms with Crippen LogP contribution in [-0.4, -0.2) is 72.0 Å². The van der Waals surface area contributed by atoms with E-state index in [0.717, 1.165) is 52.8 Å². The molecule has 11 nitrogen and oxygen atoms in total. The summed E-state index contributed by atoms with van der Waals surface area (Å²) >= 11 is 0. The highest BCUT2D eigenvalue weighted by Gasteiger charge is 2.39. The highest BCUT2D eigenvalue weighted by molar-refractivity contribution is 5.81. The number of likely N-dealkylation sites (tertiary alicyclic amines) is 1. The minimum Gasteiger partial charge on any atom is -0.465 e. The van der Waals surface area contributed by atoms with Crippen molar-refractivity contribution in [3.63, 3.8) is 0 Å². The zero-order valence-corrected chi connectivity index (χ0v) is 29.4. The second-order valence-corrected chi connectivity index (χ2v) is 13.7. The number of carbonyl (C=O) groups excluding carboxylic acids is 3. The lowest BCUT2D eigenvalue weighted by Gasteiger charge is -2.38. The van der Waals surface area contributed by atoms with Crippen molar-refractivity contribution in [3.8, 4) is 11.1 Å². The quantitative estimate of drug-likeness (QED) is 0.209. The van der Waals surface area contributed by atoms with Crippen molar-refractivity contribution in [2.24, 2.45) is 0 Å². The number of nitrogens with one attached hydrogen (secondary N) is 2. The van der Waals surface area contributed by atoms with Gasteiger partial charge < -0.3 is 34.7 Å². The van der Waals surface area contributed by atoms with Crippen molar-refractivity contribution in [1.82, 2.24) is 15.5 Å². The first-order valence-corrected chi connectivity index (χ1v) is 17.4. The van der Waals surface area contributed by atoms with Crippen LogP contribution in [0.1, 0.15) is 81.6 Å². The summed E-state index contributed by atoms with van der Waals surface area (Å²) in [6, 6.07) is 22.8. The van der Waals surface area contributed by atoms with E-state index in [0.29, 0.717) is 13.0 Å². The van der Waals surface area contributed by atoms with Crippen molar-refractivity contribution in [2.45, 2.75) is 90.2 Å². The molecule has 2 heterocycles. The smallest absolute Gasteiger partial charge is 0.325 e.